The maximum absolute atomic E-state index is 12.9. The van der Waals surface area contributed by atoms with Crippen molar-refractivity contribution in [1.82, 2.24) is 0 Å². The summed E-state index contributed by atoms with van der Waals surface area (Å²) in [5, 5.41) is 2.89. The second-order valence-electron chi connectivity index (χ2n) is 7.23. The standard InChI is InChI=1S/C21H28N2O3S/c1-14(2)19-9-7-8-10-20(19)22-21(24)17(5)23(27(6,25)26)18-12-11-15(3)16(4)13-18/h7-14,17H,1-6H3,(H,22,24)/t17-/m0/s1. The van der Waals surface area contributed by atoms with Crippen LogP contribution in [0.15, 0.2) is 42.5 Å². The van der Waals surface area contributed by atoms with Crippen LogP contribution in [0.5, 0.6) is 0 Å². The lowest BCUT2D eigenvalue weighted by Gasteiger charge is -2.29. The van der Waals surface area contributed by atoms with Gasteiger partial charge in [-0.05, 0) is 61.6 Å². The molecule has 0 aromatic heterocycles. The number of hydrogen-bond donors (Lipinski definition) is 1. The molecule has 1 N–H and O–H groups in total. The molecule has 27 heavy (non-hydrogen) atoms. The van der Waals surface area contributed by atoms with Crippen molar-refractivity contribution in [2.75, 3.05) is 15.9 Å². The number of nitrogens with one attached hydrogen (secondary N) is 1. The van der Waals surface area contributed by atoms with E-state index < -0.39 is 16.1 Å². The summed E-state index contributed by atoms with van der Waals surface area (Å²) in [6, 6.07) is 12.1. The molecule has 0 saturated carbocycles. The fourth-order valence-electron chi connectivity index (χ4n) is 3.02. The number of sulfonamides is 1. The van der Waals surface area contributed by atoms with Crippen LogP contribution < -0.4 is 9.62 Å². The van der Waals surface area contributed by atoms with Crippen molar-refractivity contribution in [3.63, 3.8) is 0 Å². The molecule has 0 aliphatic rings. The maximum atomic E-state index is 12.9. The van der Waals surface area contributed by atoms with Crippen molar-refractivity contribution in [3.8, 4) is 0 Å². The Balaban J connectivity index is 2.37. The van der Waals surface area contributed by atoms with Crippen molar-refractivity contribution in [2.24, 2.45) is 0 Å². The largest absolute Gasteiger partial charge is 0.324 e. The average molecular weight is 389 g/mol. The molecule has 1 atom stereocenters. The zero-order chi connectivity index (χ0) is 20.4. The number of benzene rings is 2. The molecule has 0 spiro atoms. The summed E-state index contributed by atoms with van der Waals surface area (Å²) in [6.45, 7) is 9.58. The van der Waals surface area contributed by atoms with Crippen molar-refractivity contribution < 1.29 is 13.2 Å². The van der Waals surface area contributed by atoms with E-state index in [4.69, 9.17) is 0 Å². The molecule has 6 heteroatoms. The first kappa shape index (κ1) is 21.0. The van der Waals surface area contributed by atoms with Gasteiger partial charge in [0.15, 0.2) is 0 Å². The van der Waals surface area contributed by atoms with E-state index in [-0.39, 0.29) is 11.8 Å². The van der Waals surface area contributed by atoms with Crippen LogP contribution in [0.3, 0.4) is 0 Å². The number of anilines is 2. The van der Waals surface area contributed by atoms with E-state index in [0.29, 0.717) is 11.4 Å². The van der Waals surface area contributed by atoms with Gasteiger partial charge in [-0.1, -0.05) is 38.1 Å². The first-order chi connectivity index (χ1) is 12.5. The number of rotatable bonds is 6. The first-order valence-electron chi connectivity index (χ1n) is 8.98. The van der Waals surface area contributed by atoms with Crippen LogP contribution in [0.2, 0.25) is 0 Å². The van der Waals surface area contributed by atoms with Gasteiger partial charge in [0.1, 0.15) is 6.04 Å². The first-order valence-corrected chi connectivity index (χ1v) is 10.8. The second-order valence-corrected chi connectivity index (χ2v) is 9.09. The van der Waals surface area contributed by atoms with Crippen LogP contribution >= 0.6 is 0 Å². The summed E-state index contributed by atoms with van der Waals surface area (Å²) in [7, 11) is -3.64. The zero-order valence-corrected chi connectivity index (χ0v) is 17.6. The van der Waals surface area contributed by atoms with Gasteiger partial charge in [0.25, 0.3) is 0 Å². The number of carbonyl (C=O) groups is 1. The highest BCUT2D eigenvalue weighted by Gasteiger charge is 2.29. The molecule has 0 bridgehead atoms. The normalized spacial score (nSPS) is 12.7. The van der Waals surface area contributed by atoms with Gasteiger partial charge in [-0.25, -0.2) is 8.42 Å². The summed E-state index contributed by atoms with van der Waals surface area (Å²) in [5.41, 5.74) is 4.24. The third-order valence-corrected chi connectivity index (χ3v) is 5.92. The van der Waals surface area contributed by atoms with Crippen molar-refractivity contribution in [1.29, 1.82) is 0 Å². The van der Waals surface area contributed by atoms with E-state index in [1.807, 2.05) is 58.0 Å². The van der Waals surface area contributed by atoms with Crippen LogP contribution in [-0.4, -0.2) is 26.6 Å². The molecule has 0 saturated heterocycles. The quantitative estimate of drug-likeness (QED) is 0.806. The summed E-state index contributed by atoms with van der Waals surface area (Å²) >= 11 is 0. The molecule has 2 aromatic rings. The van der Waals surface area contributed by atoms with Crippen LogP contribution in [-0.2, 0) is 14.8 Å². The molecule has 1 amide bonds. The number of carbonyl (C=O) groups excluding carboxylic acids is 1. The number of aryl methyl sites for hydroxylation is 2. The van der Waals surface area contributed by atoms with Gasteiger partial charge in [0, 0.05) is 5.69 Å². The summed E-state index contributed by atoms with van der Waals surface area (Å²) in [4.78, 5) is 12.9. The van der Waals surface area contributed by atoms with E-state index in [0.717, 1.165) is 22.9 Å². The van der Waals surface area contributed by atoms with E-state index in [1.165, 1.54) is 4.31 Å². The molecule has 0 unspecified atom stereocenters. The zero-order valence-electron chi connectivity index (χ0n) is 16.8. The van der Waals surface area contributed by atoms with E-state index >= 15 is 0 Å². The predicted octanol–water partition coefficient (Wildman–Crippen LogP) is 4.22. The summed E-state index contributed by atoms with van der Waals surface area (Å²) in [5.74, 6) is -0.130. The molecule has 2 rings (SSSR count). The fourth-order valence-corrected chi connectivity index (χ4v) is 4.19. The van der Waals surface area contributed by atoms with Crippen molar-refractivity contribution in [3.05, 3.63) is 59.2 Å². The Morgan fingerprint density at radius 3 is 2.19 bits per heavy atom. The van der Waals surface area contributed by atoms with E-state index in [2.05, 4.69) is 5.32 Å². The highest BCUT2D eigenvalue weighted by Crippen LogP contribution is 2.26. The minimum absolute atomic E-state index is 0.238. The monoisotopic (exact) mass is 388 g/mol. The van der Waals surface area contributed by atoms with Gasteiger partial charge >= 0.3 is 0 Å². The lowest BCUT2D eigenvalue weighted by molar-refractivity contribution is -0.116. The van der Waals surface area contributed by atoms with Crippen molar-refractivity contribution >= 4 is 27.3 Å². The molecule has 0 heterocycles. The molecule has 146 valence electrons. The van der Waals surface area contributed by atoms with Crippen LogP contribution in [0.1, 0.15) is 43.4 Å². The van der Waals surface area contributed by atoms with Gasteiger partial charge in [-0.2, -0.15) is 0 Å². The molecule has 2 aromatic carbocycles. The fraction of sp³-hybridized carbons (Fsp3) is 0.381. The number of nitrogens with zero attached hydrogens (tertiary/aromatic N) is 1. The van der Waals surface area contributed by atoms with Gasteiger partial charge in [-0.15, -0.1) is 0 Å². The van der Waals surface area contributed by atoms with Crippen LogP contribution in [0, 0.1) is 13.8 Å². The lowest BCUT2D eigenvalue weighted by Crippen LogP contribution is -2.45. The molecule has 5 nitrogen and oxygen atoms in total. The summed E-state index contributed by atoms with van der Waals surface area (Å²) < 4.78 is 26.1. The number of hydrogen-bond acceptors (Lipinski definition) is 3. The Bertz CT molecular complexity index is 936. The number of amides is 1. The minimum Gasteiger partial charge on any atom is -0.324 e. The van der Waals surface area contributed by atoms with Gasteiger partial charge in [0.2, 0.25) is 15.9 Å². The van der Waals surface area contributed by atoms with Gasteiger partial charge in [-0.3, -0.25) is 9.10 Å². The Morgan fingerprint density at radius 1 is 1.00 bits per heavy atom. The Labute approximate surface area is 162 Å². The Hall–Kier alpha value is -2.34. The van der Waals surface area contributed by atoms with E-state index in [9.17, 15) is 13.2 Å². The van der Waals surface area contributed by atoms with Gasteiger partial charge < -0.3 is 5.32 Å². The third kappa shape index (κ3) is 4.89. The molecule has 0 aliphatic carbocycles. The third-order valence-electron chi connectivity index (χ3n) is 4.67. The van der Waals surface area contributed by atoms with Crippen LogP contribution in [0.25, 0.3) is 0 Å². The topological polar surface area (TPSA) is 66.5 Å². The average Bonchev–Trinajstić information content (AvgIpc) is 2.57. The molecule has 0 radical (unpaired) electrons. The summed E-state index contributed by atoms with van der Waals surface area (Å²) in [6.07, 6.45) is 1.12. The predicted molar refractivity (Wildman–Crippen MR) is 112 cm³/mol. The van der Waals surface area contributed by atoms with Crippen LogP contribution in [0.4, 0.5) is 11.4 Å². The Morgan fingerprint density at radius 2 is 1.63 bits per heavy atom. The molecular formula is C21H28N2O3S. The maximum Gasteiger partial charge on any atom is 0.248 e. The number of para-hydroxylation sites is 1. The molecule has 0 aliphatic heterocycles. The molecular weight excluding hydrogens is 360 g/mol. The molecule has 0 fully saturated rings. The SMILES string of the molecule is Cc1ccc(N([C@@H](C)C(=O)Nc2ccccc2C(C)C)S(C)(=O)=O)cc1C. The second kappa shape index (κ2) is 8.13. The Kier molecular flexibility index (Phi) is 6.31. The highest BCUT2D eigenvalue weighted by atomic mass is 32.2. The highest BCUT2D eigenvalue weighted by molar-refractivity contribution is 7.92. The lowest BCUT2D eigenvalue weighted by atomic mass is 10.0. The smallest absolute Gasteiger partial charge is 0.248 e. The van der Waals surface area contributed by atoms with E-state index in [1.54, 1.807) is 19.1 Å². The minimum atomic E-state index is -3.64. The van der Waals surface area contributed by atoms with Gasteiger partial charge in [0.05, 0.1) is 11.9 Å². The van der Waals surface area contributed by atoms with Crippen molar-refractivity contribution in [2.45, 2.75) is 46.6 Å².